The van der Waals surface area contributed by atoms with E-state index in [4.69, 9.17) is 44.9 Å². The normalized spacial score (nSPS) is 11.4. The molecule has 24 aromatic rings. The van der Waals surface area contributed by atoms with Gasteiger partial charge in [-0.05, 0) is 124 Å². The Hall–Kier alpha value is -16.9. The first kappa shape index (κ1) is 76.9. The standard InChI is InChI=1S/C61H38N6S.C54H34N6S/c1-3-14-41(15-4-1)58-57-56(45-19-12-32-62-37-45)59(46-20-13-33-63-38-46)68-60(57)50-35-43(30-31-51(50)64-58)39-26-28-40(29-27-39)52-36-53(66-61(65-52)42-16-5-2-6-17-42)44-18-11-21-47(34-44)67-54-24-9-7-22-48(54)49-23-8-10-25-55(49)67;1-4-14-35(15-5-1)36-22-26-40(27-23-36)53-58-52(39-18-8-3-9-19-39)59-54(60-53)41-28-24-37(25-29-41)42-30-31-44-43(34-42)50-48(49(57-44)38-16-6-2-7-17-38)47(45-20-10-12-32-55-45)51(61-50)46-21-11-13-33-56-46/h1-38H;1-34H. The minimum atomic E-state index is 0.614. The van der Waals surface area contributed by atoms with Gasteiger partial charge in [-0.1, -0.05) is 309 Å². The summed E-state index contributed by atoms with van der Waals surface area (Å²) >= 11 is 3.54. The number of nitrogens with zero attached hydrogens (tertiary/aromatic N) is 12. The zero-order valence-corrected chi connectivity index (χ0v) is 70.9. The molecule has 24 rings (SSSR count). The van der Waals surface area contributed by atoms with Crippen molar-refractivity contribution in [2.45, 2.75) is 0 Å². The van der Waals surface area contributed by atoms with Crippen LogP contribution in [-0.2, 0) is 0 Å². The fourth-order valence-electron chi connectivity index (χ4n) is 17.5. The third kappa shape index (κ3) is 14.8. The second-order valence-electron chi connectivity index (χ2n) is 31.6. The number of para-hydroxylation sites is 2. The smallest absolute Gasteiger partial charge is 0.164 e. The summed E-state index contributed by atoms with van der Waals surface area (Å²) in [6.45, 7) is 0. The van der Waals surface area contributed by atoms with E-state index in [1.807, 2.05) is 134 Å². The van der Waals surface area contributed by atoms with Gasteiger partial charge in [-0.2, -0.15) is 0 Å². The van der Waals surface area contributed by atoms with Crippen LogP contribution < -0.4 is 0 Å². The second-order valence-corrected chi connectivity index (χ2v) is 33.6. The highest BCUT2D eigenvalue weighted by molar-refractivity contribution is 7.24. The molecule has 129 heavy (non-hydrogen) atoms. The summed E-state index contributed by atoms with van der Waals surface area (Å²) in [6, 6.07) is 139. The van der Waals surface area contributed by atoms with Crippen molar-refractivity contribution in [1.29, 1.82) is 0 Å². The molecule has 11 heterocycles. The van der Waals surface area contributed by atoms with Crippen LogP contribution in [0.5, 0.6) is 0 Å². The molecule has 0 aliphatic heterocycles. The fraction of sp³-hybridized carbons (Fsp3) is 0. The molecule has 11 aromatic heterocycles. The van der Waals surface area contributed by atoms with Crippen molar-refractivity contribution in [2.24, 2.45) is 0 Å². The molecule has 13 aromatic carbocycles. The average Bonchev–Trinajstić information content (AvgIpc) is 1.59. The largest absolute Gasteiger partial charge is 0.309 e. The summed E-state index contributed by atoms with van der Waals surface area (Å²) in [4.78, 5) is 57.2. The van der Waals surface area contributed by atoms with Gasteiger partial charge in [0.25, 0.3) is 0 Å². The van der Waals surface area contributed by atoms with Gasteiger partial charge < -0.3 is 4.57 Å². The first-order valence-electron chi connectivity index (χ1n) is 42.7. The van der Waals surface area contributed by atoms with Crippen LogP contribution in [0.15, 0.2) is 438 Å². The van der Waals surface area contributed by atoms with Crippen molar-refractivity contribution in [3.05, 3.63) is 438 Å². The van der Waals surface area contributed by atoms with Crippen molar-refractivity contribution >= 4 is 86.5 Å². The molecule has 0 unspecified atom stereocenters. The highest BCUT2D eigenvalue weighted by Gasteiger charge is 2.28. The maximum absolute atomic E-state index is 5.42. The summed E-state index contributed by atoms with van der Waals surface area (Å²) in [7, 11) is 0. The van der Waals surface area contributed by atoms with Crippen LogP contribution in [0.4, 0.5) is 0 Å². The summed E-state index contributed by atoms with van der Waals surface area (Å²) in [5, 5.41) is 6.83. The molecule has 0 atom stereocenters. The van der Waals surface area contributed by atoms with E-state index in [0.29, 0.717) is 23.3 Å². The van der Waals surface area contributed by atoms with Crippen molar-refractivity contribution in [3.8, 4) is 173 Å². The lowest BCUT2D eigenvalue weighted by atomic mass is 9.95. The third-order valence-corrected chi connectivity index (χ3v) is 26.2. The van der Waals surface area contributed by atoms with E-state index in [1.165, 1.54) is 32.1 Å². The molecule has 0 amide bonds. The maximum Gasteiger partial charge on any atom is 0.164 e. The van der Waals surface area contributed by atoms with Gasteiger partial charge in [0.1, 0.15) is 0 Å². The van der Waals surface area contributed by atoms with Gasteiger partial charge in [-0.3, -0.25) is 19.9 Å². The maximum atomic E-state index is 5.42. The van der Waals surface area contributed by atoms with E-state index in [2.05, 4.69) is 318 Å². The van der Waals surface area contributed by atoms with Gasteiger partial charge in [0, 0.05) is 156 Å². The Labute approximate surface area is 751 Å². The Kier molecular flexibility index (Phi) is 20.1. The molecular formula is C115H72N12S2. The van der Waals surface area contributed by atoms with Crippen LogP contribution in [0.25, 0.3) is 237 Å². The Balaban J connectivity index is 0.000000148. The van der Waals surface area contributed by atoms with E-state index in [1.54, 1.807) is 22.7 Å². The van der Waals surface area contributed by atoms with Crippen molar-refractivity contribution in [2.75, 3.05) is 0 Å². The van der Waals surface area contributed by atoms with E-state index in [-0.39, 0.29) is 0 Å². The van der Waals surface area contributed by atoms with Gasteiger partial charge in [-0.25, -0.2) is 34.9 Å². The van der Waals surface area contributed by atoms with E-state index in [0.717, 1.165) is 181 Å². The van der Waals surface area contributed by atoms with E-state index in [9.17, 15) is 0 Å². The van der Waals surface area contributed by atoms with Crippen LogP contribution in [0.1, 0.15) is 0 Å². The molecule has 12 nitrogen and oxygen atoms in total. The molecular weight excluding hydrogens is 1610 g/mol. The summed E-state index contributed by atoms with van der Waals surface area (Å²) in [6.07, 6.45) is 11.2. The summed E-state index contributed by atoms with van der Waals surface area (Å²) in [5.74, 6) is 2.55. The summed E-state index contributed by atoms with van der Waals surface area (Å²) in [5.41, 5.74) is 29.5. The quantitative estimate of drug-likeness (QED) is 0.0911. The number of aromatic nitrogens is 12. The highest BCUT2D eigenvalue weighted by Crippen LogP contribution is 2.53. The Morgan fingerprint density at radius 3 is 1.09 bits per heavy atom. The lowest BCUT2D eigenvalue weighted by Gasteiger charge is -2.13. The second kappa shape index (κ2) is 33.6. The third-order valence-electron chi connectivity index (χ3n) is 23.7. The number of pyridine rings is 6. The molecule has 0 bridgehead atoms. The minimum absolute atomic E-state index is 0.614. The summed E-state index contributed by atoms with van der Waals surface area (Å²) < 4.78 is 4.67. The van der Waals surface area contributed by atoms with Crippen LogP contribution >= 0.6 is 22.7 Å². The van der Waals surface area contributed by atoms with Crippen LogP contribution in [0.3, 0.4) is 0 Å². The van der Waals surface area contributed by atoms with E-state index >= 15 is 0 Å². The Morgan fingerprint density at radius 2 is 0.589 bits per heavy atom. The average molecular weight is 1690 g/mol. The molecule has 14 heteroatoms. The van der Waals surface area contributed by atoms with E-state index < -0.39 is 0 Å². The van der Waals surface area contributed by atoms with Crippen LogP contribution in [-0.4, -0.2) is 59.4 Å². The molecule has 0 spiro atoms. The fourth-order valence-corrected chi connectivity index (χ4v) is 20.1. The number of thiophene rings is 2. The Morgan fingerprint density at radius 1 is 0.209 bits per heavy atom. The molecule has 0 saturated heterocycles. The monoisotopic (exact) mass is 1680 g/mol. The molecule has 0 N–H and O–H groups in total. The number of hydrogen-bond donors (Lipinski definition) is 0. The predicted molar refractivity (Wildman–Crippen MR) is 530 cm³/mol. The zero-order valence-electron chi connectivity index (χ0n) is 69.3. The van der Waals surface area contributed by atoms with Crippen molar-refractivity contribution in [1.82, 2.24) is 59.4 Å². The zero-order chi connectivity index (χ0) is 85.5. The van der Waals surface area contributed by atoms with Crippen LogP contribution in [0.2, 0.25) is 0 Å². The first-order valence-corrected chi connectivity index (χ1v) is 44.4. The molecule has 0 aliphatic carbocycles. The number of hydrogen-bond acceptors (Lipinski definition) is 13. The number of rotatable bonds is 16. The molecule has 0 aliphatic rings. The number of benzene rings is 13. The van der Waals surface area contributed by atoms with Gasteiger partial charge in [0.2, 0.25) is 0 Å². The molecule has 604 valence electrons. The van der Waals surface area contributed by atoms with Gasteiger partial charge in [-0.15, -0.1) is 22.7 Å². The number of fused-ring (bicyclic) bond motifs is 9. The van der Waals surface area contributed by atoms with Crippen molar-refractivity contribution in [3.63, 3.8) is 0 Å². The Bertz CT molecular complexity index is 8230. The van der Waals surface area contributed by atoms with Gasteiger partial charge >= 0.3 is 0 Å². The predicted octanol–water partition coefficient (Wildman–Crippen LogP) is 29.6. The lowest BCUT2D eigenvalue weighted by molar-refractivity contribution is 1.07. The minimum Gasteiger partial charge on any atom is -0.309 e. The van der Waals surface area contributed by atoms with Crippen molar-refractivity contribution < 1.29 is 0 Å². The van der Waals surface area contributed by atoms with Crippen LogP contribution in [0, 0.1) is 0 Å². The molecule has 0 fully saturated rings. The molecule has 0 radical (unpaired) electrons. The topological polar surface area (TPSA) is 147 Å². The SMILES string of the molecule is c1ccc(-c2ccc(-c3nc(-c4ccccc4)nc(-c4ccc(-c5ccc6nc(-c7ccccc7)c7c(-c8ccccn8)c(-c8ccccn8)sc7c6c5)cc4)n3)cc2)cc1.c1ccc(-c2nc(-c3ccc(-c4ccc5nc(-c6ccccc6)c6c(-c7cccnc7)c(-c7cccnc7)sc6c5c4)cc3)cc(-c3cccc(-n4c5ccccc5c5ccccc54)c3)n2)cc1. The van der Waals surface area contributed by atoms with Gasteiger partial charge in [0.05, 0.1) is 61.1 Å². The van der Waals surface area contributed by atoms with Gasteiger partial charge in [0.15, 0.2) is 23.3 Å². The highest BCUT2D eigenvalue weighted by atomic mass is 32.1. The lowest BCUT2D eigenvalue weighted by Crippen LogP contribution is -2.00. The molecule has 0 saturated carbocycles. The first-order chi connectivity index (χ1) is 63.9.